The van der Waals surface area contributed by atoms with Gasteiger partial charge < -0.3 is 31.9 Å². The molecule has 2 aliphatic rings. The van der Waals surface area contributed by atoms with Crippen molar-refractivity contribution in [2.75, 3.05) is 20.1 Å². The molecule has 2 fully saturated rings. The Bertz CT molecular complexity index is 1430. The second-order valence-electron chi connectivity index (χ2n) is 12.1. The maximum Gasteiger partial charge on any atom is 0.246 e. The first-order valence-corrected chi connectivity index (χ1v) is 16.1. The number of carbonyl (C=O) groups excluding carboxylic acids is 4. The molecule has 0 bridgehead atoms. The van der Waals surface area contributed by atoms with Crippen LogP contribution in [0.15, 0.2) is 91.0 Å². The molecule has 0 aliphatic carbocycles. The van der Waals surface area contributed by atoms with Crippen LogP contribution < -0.4 is 27.0 Å². The number of nitrogens with one attached hydrogen (secondary N) is 4. The third kappa shape index (κ3) is 7.81. The number of hydrogen-bond acceptors (Lipinski definition) is 6. The molecule has 2 aliphatic heterocycles. The van der Waals surface area contributed by atoms with Crippen molar-refractivity contribution in [1.29, 1.82) is 0 Å². The van der Waals surface area contributed by atoms with Crippen LogP contribution >= 0.6 is 0 Å². The van der Waals surface area contributed by atoms with E-state index in [0.717, 1.165) is 16.7 Å². The van der Waals surface area contributed by atoms with Crippen LogP contribution in [0, 0.1) is 5.92 Å². The van der Waals surface area contributed by atoms with Gasteiger partial charge >= 0.3 is 0 Å². The van der Waals surface area contributed by atoms with Crippen LogP contribution in [0.3, 0.4) is 0 Å². The Morgan fingerprint density at radius 3 is 2.02 bits per heavy atom. The number of likely N-dealkylation sites (N-methyl/N-ethyl adjacent to an activating group) is 1. The van der Waals surface area contributed by atoms with Crippen LogP contribution in [0.4, 0.5) is 0 Å². The zero-order valence-corrected chi connectivity index (χ0v) is 26.2. The summed E-state index contributed by atoms with van der Waals surface area (Å²) in [6, 6.07) is 26.5. The van der Waals surface area contributed by atoms with Gasteiger partial charge in [-0.15, -0.1) is 0 Å². The van der Waals surface area contributed by atoms with E-state index in [9.17, 15) is 19.2 Å². The van der Waals surface area contributed by atoms with Gasteiger partial charge in [-0.25, -0.2) is 0 Å². The maximum atomic E-state index is 14.5. The molecular weight excluding hydrogens is 580 g/mol. The van der Waals surface area contributed by atoms with Crippen LogP contribution in [0.2, 0.25) is 0 Å². The molecule has 5 rings (SSSR count). The van der Waals surface area contributed by atoms with Gasteiger partial charge in [0.05, 0.1) is 18.6 Å². The zero-order chi connectivity index (χ0) is 32.5. The predicted molar refractivity (Wildman–Crippen MR) is 176 cm³/mol. The molecule has 10 nitrogen and oxygen atoms in total. The fourth-order valence-corrected chi connectivity index (χ4v) is 6.73. The number of hydrogen-bond donors (Lipinski definition) is 5. The lowest BCUT2D eigenvalue weighted by atomic mass is 9.92. The monoisotopic (exact) mass is 624 g/mol. The standard InChI is InChI=1S/C36H44N6O4/c1-38-29(21-24-11-5-2-6-12-24)34(44)41-33-27(23-39-31(43)22-37)17-18-28-19-20-30(42(28)36(33)46)35(45)40-32(25-13-7-3-8-14-25)26-15-9-4-10-16-26/h2-16,27-30,32-33,38H,17-23,37H2,1H3,(H,39,43)(H,40,45)(H,41,44)/t27-,28+,29-,30+,33+/m1/s1. The van der Waals surface area contributed by atoms with Crippen molar-refractivity contribution in [2.45, 2.75) is 62.3 Å². The number of amides is 4. The van der Waals surface area contributed by atoms with Crippen LogP contribution in [-0.4, -0.2) is 72.8 Å². The number of carbonyl (C=O) groups is 4. The van der Waals surface area contributed by atoms with Gasteiger partial charge in [-0.2, -0.15) is 0 Å². The molecule has 0 radical (unpaired) electrons. The first-order chi connectivity index (χ1) is 22.4. The maximum absolute atomic E-state index is 14.5. The summed E-state index contributed by atoms with van der Waals surface area (Å²) < 4.78 is 0. The van der Waals surface area contributed by atoms with Gasteiger partial charge in [0.2, 0.25) is 23.6 Å². The summed E-state index contributed by atoms with van der Waals surface area (Å²) in [5, 5.41) is 12.2. The highest BCUT2D eigenvalue weighted by atomic mass is 16.2. The minimum Gasteiger partial charge on any atom is -0.355 e. The van der Waals surface area contributed by atoms with Crippen molar-refractivity contribution in [2.24, 2.45) is 11.7 Å². The first-order valence-electron chi connectivity index (χ1n) is 16.1. The Morgan fingerprint density at radius 1 is 0.848 bits per heavy atom. The molecule has 46 heavy (non-hydrogen) atoms. The Morgan fingerprint density at radius 2 is 1.43 bits per heavy atom. The fraction of sp³-hybridized carbons (Fsp3) is 0.389. The van der Waals surface area contributed by atoms with Crippen molar-refractivity contribution < 1.29 is 19.2 Å². The molecule has 2 saturated heterocycles. The van der Waals surface area contributed by atoms with Crippen molar-refractivity contribution in [3.63, 3.8) is 0 Å². The minimum atomic E-state index is -0.922. The Hall–Kier alpha value is -4.54. The lowest BCUT2D eigenvalue weighted by Crippen LogP contribution is -2.59. The number of nitrogens with two attached hydrogens (primary N) is 1. The Labute approximate surface area is 270 Å². The molecule has 242 valence electrons. The predicted octanol–water partition coefficient (Wildman–Crippen LogP) is 2.05. The molecule has 2 heterocycles. The molecule has 6 N–H and O–H groups in total. The molecular formula is C36H44N6O4. The molecule has 3 aromatic rings. The molecule has 10 heteroatoms. The van der Waals surface area contributed by atoms with Crippen molar-refractivity contribution in [1.82, 2.24) is 26.2 Å². The second-order valence-corrected chi connectivity index (χ2v) is 12.1. The minimum absolute atomic E-state index is 0.144. The quantitative estimate of drug-likeness (QED) is 0.209. The van der Waals surface area contributed by atoms with Gasteiger partial charge in [-0.3, -0.25) is 19.2 Å². The molecule has 3 aromatic carbocycles. The molecule has 5 atom stereocenters. The third-order valence-corrected chi connectivity index (χ3v) is 9.21. The summed E-state index contributed by atoms with van der Waals surface area (Å²) in [4.78, 5) is 56.0. The SMILES string of the molecule is CN[C@H](Cc1ccccc1)C(=O)N[C@@H]1C(=O)N2[C@@H](CC[C@@H]1CNC(=O)CN)CC[C@H]2C(=O)NC(c1ccccc1)c1ccccc1. The van der Waals surface area contributed by atoms with Crippen molar-refractivity contribution >= 4 is 23.6 Å². The summed E-state index contributed by atoms with van der Waals surface area (Å²) in [5.74, 6) is -1.54. The van der Waals surface area contributed by atoms with E-state index in [1.807, 2.05) is 91.0 Å². The molecule has 0 aromatic heterocycles. The van der Waals surface area contributed by atoms with E-state index in [1.165, 1.54) is 0 Å². The van der Waals surface area contributed by atoms with Gasteiger partial charge in [0.25, 0.3) is 0 Å². The molecule has 0 spiro atoms. The van der Waals surface area contributed by atoms with Crippen LogP contribution in [-0.2, 0) is 25.6 Å². The van der Waals surface area contributed by atoms with E-state index >= 15 is 0 Å². The second kappa shape index (κ2) is 15.6. The lowest BCUT2D eigenvalue weighted by Gasteiger charge is -2.33. The molecule has 0 saturated carbocycles. The van der Waals surface area contributed by atoms with E-state index in [2.05, 4.69) is 21.3 Å². The summed E-state index contributed by atoms with van der Waals surface area (Å²) in [7, 11) is 1.72. The van der Waals surface area contributed by atoms with Gasteiger partial charge in [0.15, 0.2) is 0 Å². The van der Waals surface area contributed by atoms with Gasteiger partial charge in [0.1, 0.15) is 12.1 Å². The average molecular weight is 625 g/mol. The Balaban J connectivity index is 1.39. The Kier molecular flexibility index (Phi) is 11.2. The molecule has 4 amide bonds. The topological polar surface area (TPSA) is 146 Å². The highest BCUT2D eigenvalue weighted by Crippen LogP contribution is 2.35. The van der Waals surface area contributed by atoms with Crippen molar-refractivity contribution in [3.8, 4) is 0 Å². The first kappa shape index (κ1) is 32.8. The van der Waals surface area contributed by atoms with E-state index < -0.39 is 18.1 Å². The summed E-state index contributed by atoms with van der Waals surface area (Å²) in [6.45, 7) is 0.0225. The number of rotatable bonds is 12. The summed E-state index contributed by atoms with van der Waals surface area (Å²) in [6.07, 6.45) is 2.90. The van der Waals surface area contributed by atoms with E-state index in [1.54, 1.807) is 11.9 Å². The van der Waals surface area contributed by atoms with Gasteiger partial charge in [0, 0.05) is 18.5 Å². The number of fused-ring (bicyclic) bond motifs is 1. The van der Waals surface area contributed by atoms with E-state index in [0.29, 0.717) is 32.1 Å². The number of benzene rings is 3. The van der Waals surface area contributed by atoms with E-state index in [4.69, 9.17) is 5.73 Å². The zero-order valence-electron chi connectivity index (χ0n) is 26.2. The van der Waals surface area contributed by atoms with E-state index in [-0.39, 0.29) is 54.7 Å². The normalized spacial score (nSPS) is 21.6. The molecule has 0 unspecified atom stereocenters. The number of nitrogens with zero attached hydrogens (tertiary/aromatic N) is 1. The third-order valence-electron chi connectivity index (χ3n) is 9.21. The van der Waals surface area contributed by atoms with Crippen LogP contribution in [0.5, 0.6) is 0 Å². The van der Waals surface area contributed by atoms with Gasteiger partial charge in [-0.05, 0) is 55.8 Å². The fourth-order valence-electron chi connectivity index (χ4n) is 6.73. The van der Waals surface area contributed by atoms with Gasteiger partial charge in [-0.1, -0.05) is 91.0 Å². The highest BCUT2D eigenvalue weighted by Gasteiger charge is 2.48. The largest absolute Gasteiger partial charge is 0.355 e. The van der Waals surface area contributed by atoms with Crippen LogP contribution in [0.1, 0.15) is 48.4 Å². The smallest absolute Gasteiger partial charge is 0.246 e. The van der Waals surface area contributed by atoms with Crippen LogP contribution in [0.25, 0.3) is 0 Å². The highest BCUT2D eigenvalue weighted by molar-refractivity contribution is 5.94. The van der Waals surface area contributed by atoms with Crippen molar-refractivity contribution in [3.05, 3.63) is 108 Å². The summed E-state index contributed by atoms with van der Waals surface area (Å²) in [5.41, 5.74) is 8.40. The average Bonchev–Trinajstić information content (AvgIpc) is 3.48. The lowest BCUT2D eigenvalue weighted by molar-refractivity contribution is -0.143. The summed E-state index contributed by atoms with van der Waals surface area (Å²) >= 11 is 0.